The second kappa shape index (κ2) is 7.07. The molecule has 168 valence electrons. The summed E-state index contributed by atoms with van der Waals surface area (Å²) in [6, 6.07) is 7.47. The Labute approximate surface area is 185 Å². The van der Waals surface area contributed by atoms with Gasteiger partial charge in [-0.3, -0.25) is 14.5 Å². The second-order valence-corrected chi connectivity index (χ2v) is 11.5. The number of urea groups is 1. The highest BCUT2D eigenvalue weighted by Gasteiger charge is 2.53. The summed E-state index contributed by atoms with van der Waals surface area (Å²) in [6.07, 6.45) is 3.06. The number of carbonyl (C=O) groups is 3. The van der Waals surface area contributed by atoms with Crippen molar-refractivity contribution in [2.24, 2.45) is 10.8 Å². The van der Waals surface area contributed by atoms with Gasteiger partial charge in [-0.25, -0.2) is 4.79 Å². The van der Waals surface area contributed by atoms with Crippen molar-refractivity contribution in [3.8, 4) is 0 Å². The molecule has 1 aliphatic carbocycles. The quantitative estimate of drug-likeness (QED) is 0.741. The fourth-order valence-electron chi connectivity index (χ4n) is 6.22. The first kappa shape index (κ1) is 21.8. The molecule has 0 spiro atoms. The van der Waals surface area contributed by atoms with Gasteiger partial charge < -0.3 is 10.2 Å². The lowest BCUT2D eigenvalue weighted by Gasteiger charge is -2.39. The molecule has 4 rings (SSSR count). The fraction of sp³-hybridized carbons (Fsp3) is 0.640. The van der Waals surface area contributed by atoms with Gasteiger partial charge >= 0.3 is 6.03 Å². The third kappa shape index (κ3) is 3.74. The number of carbonyl (C=O) groups excluding carboxylic acids is 3. The molecule has 3 aliphatic rings. The molecule has 0 aromatic heterocycles. The number of benzene rings is 1. The van der Waals surface area contributed by atoms with Crippen LogP contribution in [0.3, 0.4) is 0 Å². The summed E-state index contributed by atoms with van der Waals surface area (Å²) in [4.78, 5) is 42.2. The van der Waals surface area contributed by atoms with E-state index in [-0.39, 0.29) is 35.2 Å². The molecule has 3 atom stereocenters. The Morgan fingerprint density at radius 1 is 1.10 bits per heavy atom. The molecular weight excluding hydrogens is 390 g/mol. The van der Waals surface area contributed by atoms with Crippen molar-refractivity contribution in [3.63, 3.8) is 0 Å². The van der Waals surface area contributed by atoms with Crippen molar-refractivity contribution < 1.29 is 14.4 Å². The lowest BCUT2D eigenvalue weighted by molar-refractivity contribution is -0.139. The molecule has 1 saturated carbocycles. The zero-order chi connectivity index (χ0) is 22.8. The van der Waals surface area contributed by atoms with Gasteiger partial charge in [0.1, 0.15) is 12.1 Å². The van der Waals surface area contributed by atoms with Gasteiger partial charge in [0.2, 0.25) is 5.91 Å². The minimum atomic E-state index is -1.15. The van der Waals surface area contributed by atoms with Crippen LogP contribution in [0.15, 0.2) is 24.3 Å². The molecule has 6 heteroatoms. The maximum Gasteiger partial charge on any atom is 0.325 e. The first-order valence-corrected chi connectivity index (χ1v) is 11.4. The molecule has 1 N–H and O–H groups in total. The van der Waals surface area contributed by atoms with Crippen LogP contribution in [-0.2, 0) is 15.1 Å². The van der Waals surface area contributed by atoms with E-state index in [4.69, 9.17) is 0 Å². The molecule has 1 aromatic rings. The highest BCUT2D eigenvalue weighted by Crippen LogP contribution is 2.52. The average Bonchev–Trinajstić information content (AvgIpc) is 3.05. The van der Waals surface area contributed by atoms with Crippen molar-refractivity contribution in [3.05, 3.63) is 35.4 Å². The van der Waals surface area contributed by atoms with Gasteiger partial charge in [-0.1, -0.05) is 58.9 Å². The predicted molar refractivity (Wildman–Crippen MR) is 119 cm³/mol. The van der Waals surface area contributed by atoms with Gasteiger partial charge in [-0.2, -0.15) is 0 Å². The summed E-state index contributed by atoms with van der Waals surface area (Å²) >= 11 is 0. The minimum Gasteiger partial charge on any atom is -0.338 e. The largest absolute Gasteiger partial charge is 0.338 e. The Morgan fingerprint density at radius 2 is 1.74 bits per heavy atom. The maximum atomic E-state index is 13.3. The van der Waals surface area contributed by atoms with Crippen LogP contribution in [0.4, 0.5) is 4.79 Å². The molecule has 1 aromatic carbocycles. The molecule has 0 radical (unpaired) electrons. The van der Waals surface area contributed by atoms with Crippen molar-refractivity contribution in [2.45, 2.75) is 78.3 Å². The smallest absolute Gasteiger partial charge is 0.325 e. The van der Waals surface area contributed by atoms with Gasteiger partial charge in [0.05, 0.1) is 0 Å². The molecule has 31 heavy (non-hydrogen) atoms. The molecule has 4 amide bonds. The van der Waals surface area contributed by atoms with Gasteiger partial charge in [0.15, 0.2) is 0 Å². The van der Waals surface area contributed by atoms with E-state index in [0.717, 1.165) is 29.7 Å². The van der Waals surface area contributed by atoms with Crippen molar-refractivity contribution in [1.82, 2.24) is 15.1 Å². The van der Waals surface area contributed by atoms with E-state index in [1.807, 2.05) is 29.2 Å². The van der Waals surface area contributed by atoms with Crippen LogP contribution in [0.25, 0.3) is 0 Å². The monoisotopic (exact) mass is 425 g/mol. The number of rotatable bonds is 4. The molecule has 2 heterocycles. The van der Waals surface area contributed by atoms with E-state index in [2.05, 4.69) is 39.9 Å². The van der Waals surface area contributed by atoms with Crippen LogP contribution in [0.1, 0.15) is 77.8 Å². The number of nitrogens with zero attached hydrogens (tertiary/aromatic N) is 2. The maximum absolute atomic E-state index is 13.3. The summed E-state index contributed by atoms with van der Waals surface area (Å²) in [5, 5.41) is 2.82. The number of amides is 4. The van der Waals surface area contributed by atoms with Crippen molar-refractivity contribution in [1.29, 1.82) is 0 Å². The van der Waals surface area contributed by atoms with Crippen molar-refractivity contribution >= 4 is 17.8 Å². The highest BCUT2D eigenvalue weighted by molar-refractivity contribution is 6.09. The van der Waals surface area contributed by atoms with Crippen LogP contribution in [0.5, 0.6) is 0 Å². The highest BCUT2D eigenvalue weighted by atomic mass is 16.2. The molecular formula is C25H35N3O3. The van der Waals surface area contributed by atoms with Crippen LogP contribution in [-0.4, -0.2) is 46.8 Å². The number of imide groups is 1. The molecule has 2 saturated heterocycles. The minimum absolute atomic E-state index is 0.117. The molecule has 2 bridgehead atoms. The SMILES string of the molecule is CC(C)c1ccc([C@]2(C)NC(=O)N(CC(=O)N3C[C@@]4(C)C[C@@H]3CC(C)(C)C4)C2=O)cc1. The lowest BCUT2D eigenvalue weighted by atomic mass is 9.65. The zero-order valence-corrected chi connectivity index (χ0v) is 19.6. The summed E-state index contributed by atoms with van der Waals surface area (Å²) in [5.74, 6) is -0.109. The summed E-state index contributed by atoms with van der Waals surface area (Å²) in [5.41, 5.74) is 1.08. The first-order valence-electron chi connectivity index (χ1n) is 11.4. The van der Waals surface area contributed by atoms with E-state index in [0.29, 0.717) is 12.5 Å². The Morgan fingerprint density at radius 3 is 2.35 bits per heavy atom. The van der Waals surface area contributed by atoms with Gasteiger partial charge in [-0.05, 0) is 54.1 Å². The number of hydrogen-bond acceptors (Lipinski definition) is 3. The molecule has 2 aliphatic heterocycles. The Balaban J connectivity index is 1.50. The number of likely N-dealkylation sites (tertiary alicyclic amines) is 1. The zero-order valence-electron chi connectivity index (χ0n) is 19.6. The second-order valence-electron chi connectivity index (χ2n) is 11.5. The van der Waals surface area contributed by atoms with Crippen LogP contribution in [0, 0.1) is 10.8 Å². The van der Waals surface area contributed by atoms with Crippen LogP contribution < -0.4 is 5.32 Å². The molecule has 0 unspecified atom stereocenters. The van der Waals surface area contributed by atoms with Gasteiger partial charge in [0.25, 0.3) is 5.91 Å². The molecule has 3 fully saturated rings. The third-order valence-electron chi connectivity index (χ3n) is 7.46. The van der Waals surface area contributed by atoms with Gasteiger partial charge in [-0.15, -0.1) is 0 Å². The fourth-order valence-corrected chi connectivity index (χ4v) is 6.22. The Kier molecular flexibility index (Phi) is 4.99. The topological polar surface area (TPSA) is 69.7 Å². The van der Waals surface area contributed by atoms with Crippen LogP contribution in [0.2, 0.25) is 0 Å². The Hall–Kier alpha value is -2.37. The summed E-state index contributed by atoms with van der Waals surface area (Å²) in [7, 11) is 0. The third-order valence-corrected chi connectivity index (χ3v) is 7.46. The normalized spacial score (nSPS) is 32.0. The van der Waals surface area contributed by atoms with E-state index in [1.165, 1.54) is 5.56 Å². The lowest BCUT2D eigenvalue weighted by Crippen LogP contribution is -2.46. The van der Waals surface area contributed by atoms with E-state index in [9.17, 15) is 14.4 Å². The number of nitrogens with one attached hydrogen (secondary N) is 1. The van der Waals surface area contributed by atoms with Crippen LogP contribution >= 0.6 is 0 Å². The van der Waals surface area contributed by atoms with E-state index in [1.54, 1.807) is 6.92 Å². The van der Waals surface area contributed by atoms with Crippen molar-refractivity contribution in [2.75, 3.05) is 13.1 Å². The van der Waals surface area contributed by atoms with Gasteiger partial charge in [0, 0.05) is 12.6 Å². The first-order chi connectivity index (χ1) is 14.3. The summed E-state index contributed by atoms with van der Waals surface area (Å²) < 4.78 is 0. The number of fused-ring (bicyclic) bond motifs is 2. The average molecular weight is 426 g/mol. The Bertz CT molecular complexity index is 922. The molecule has 6 nitrogen and oxygen atoms in total. The number of hydrogen-bond donors (Lipinski definition) is 1. The standard InChI is InChI=1S/C25H35N3O3/c1-16(2)17-7-9-18(10-8-17)25(6)21(30)27(22(31)26-25)13-20(29)28-15-24(5)12-19(28)11-23(3,4)14-24/h7-10,16,19H,11-15H2,1-6H3,(H,26,31)/t19-,24-,25-/m0/s1. The predicted octanol–water partition coefficient (Wildman–Crippen LogP) is 4.00. The van der Waals surface area contributed by atoms with E-state index >= 15 is 0 Å². The summed E-state index contributed by atoms with van der Waals surface area (Å²) in [6.45, 7) is 13.2. The van der Waals surface area contributed by atoms with E-state index < -0.39 is 11.6 Å².